The molecule has 2 aliphatic rings. The molecule has 0 bridgehead atoms. The van der Waals surface area contributed by atoms with Crippen molar-refractivity contribution in [2.45, 2.75) is 25.4 Å². The molecule has 3 aromatic rings. The summed E-state index contributed by atoms with van der Waals surface area (Å²) in [7, 11) is 0. The first-order valence-electron chi connectivity index (χ1n) is 11.6. The van der Waals surface area contributed by atoms with Crippen LogP contribution < -0.4 is 10.2 Å². The highest BCUT2D eigenvalue weighted by molar-refractivity contribution is 7.16. The second-order valence-corrected chi connectivity index (χ2v) is 9.57. The van der Waals surface area contributed by atoms with E-state index < -0.39 is 0 Å². The number of hydrogen-bond acceptors (Lipinski definition) is 7. The van der Waals surface area contributed by atoms with Crippen LogP contribution in [0.4, 0.5) is 5.82 Å². The number of thiazole rings is 1. The Morgan fingerprint density at radius 2 is 1.79 bits per heavy atom. The number of nitrogens with one attached hydrogen (secondary N) is 1. The Balaban J connectivity index is 1.13. The first-order valence-corrected chi connectivity index (χ1v) is 12.4. The second kappa shape index (κ2) is 10.4. The smallest absolute Gasteiger partial charge is 0.263 e. The van der Waals surface area contributed by atoms with Gasteiger partial charge in [0.05, 0.1) is 19.4 Å². The molecule has 5 rings (SSSR count). The van der Waals surface area contributed by atoms with Crippen molar-refractivity contribution in [1.82, 2.24) is 20.2 Å². The van der Waals surface area contributed by atoms with Gasteiger partial charge in [0.15, 0.2) is 0 Å². The van der Waals surface area contributed by atoms with Crippen LogP contribution in [-0.2, 0) is 11.3 Å². The molecular weight excluding hydrogens is 434 g/mol. The van der Waals surface area contributed by atoms with E-state index in [1.165, 1.54) is 16.9 Å². The Labute approximate surface area is 198 Å². The molecule has 0 saturated carbocycles. The van der Waals surface area contributed by atoms with Gasteiger partial charge in [0.2, 0.25) is 0 Å². The van der Waals surface area contributed by atoms with Crippen molar-refractivity contribution in [3.63, 3.8) is 0 Å². The van der Waals surface area contributed by atoms with Gasteiger partial charge in [-0.3, -0.25) is 9.69 Å². The molecule has 0 aliphatic carbocycles. The van der Waals surface area contributed by atoms with Crippen molar-refractivity contribution in [3.8, 4) is 10.6 Å². The summed E-state index contributed by atoms with van der Waals surface area (Å²) >= 11 is 1.42. The minimum Gasteiger partial charge on any atom is -0.378 e. The van der Waals surface area contributed by atoms with Crippen LogP contribution in [0.5, 0.6) is 0 Å². The third kappa shape index (κ3) is 5.58. The lowest BCUT2D eigenvalue weighted by atomic mass is 10.0. The number of amides is 1. The molecule has 2 fully saturated rings. The topological polar surface area (TPSA) is 70.6 Å². The fraction of sp³-hybridized carbons (Fsp3) is 0.400. The van der Waals surface area contributed by atoms with Crippen LogP contribution in [0.3, 0.4) is 0 Å². The molecule has 0 radical (unpaired) electrons. The lowest BCUT2D eigenvalue weighted by Crippen LogP contribution is -2.44. The highest BCUT2D eigenvalue weighted by Crippen LogP contribution is 2.26. The summed E-state index contributed by atoms with van der Waals surface area (Å²) in [5, 5.41) is 4.03. The van der Waals surface area contributed by atoms with Crippen LogP contribution >= 0.6 is 11.3 Å². The van der Waals surface area contributed by atoms with Gasteiger partial charge in [-0.2, -0.15) is 0 Å². The van der Waals surface area contributed by atoms with Crippen LogP contribution in [0.15, 0.2) is 54.9 Å². The van der Waals surface area contributed by atoms with E-state index in [4.69, 9.17) is 4.74 Å². The minimum atomic E-state index is -0.0295. The van der Waals surface area contributed by atoms with Crippen molar-refractivity contribution in [2.75, 3.05) is 44.3 Å². The second-order valence-electron chi connectivity index (χ2n) is 8.54. The van der Waals surface area contributed by atoms with E-state index in [9.17, 15) is 4.79 Å². The highest BCUT2D eigenvalue weighted by atomic mass is 32.1. The Bertz CT molecular complexity index is 1040. The Morgan fingerprint density at radius 1 is 1.00 bits per heavy atom. The summed E-state index contributed by atoms with van der Waals surface area (Å²) in [6.45, 7) is 6.15. The molecule has 7 nitrogen and oxygen atoms in total. The van der Waals surface area contributed by atoms with Gasteiger partial charge < -0.3 is 15.0 Å². The number of rotatable bonds is 6. The Hall–Kier alpha value is -2.81. The number of ether oxygens (including phenoxy) is 1. The molecule has 1 amide bonds. The summed E-state index contributed by atoms with van der Waals surface area (Å²) in [5.41, 5.74) is 2.27. The SMILES string of the molecule is O=C(NC1CCN(Cc2ccccc2)CC1)c1cnc(-c2ccc(N3CCOCC3)nc2)s1. The van der Waals surface area contributed by atoms with E-state index in [0.29, 0.717) is 4.88 Å². The standard InChI is InChI=1S/C25H29N5O2S/c31-24(28-21-8-10-29(11-9-21)18-19-4-2-1-3-5-19)22-17-27-25(33-22)20-6-7-23(26-16-20)30-12-14-32-15-13-30/h1-7,16-17,21H,8-15,18H2,(H,28,31). The maximum atomic E-state index is 12.8. The van der Waals surface area contributed by atoms with Gasteiger partial charge in [-0.05, 0) is 30.5 Å². The zero-order valence-corrected chi connectivity index (χ0v) is 19.5. The van der Waals surface area contributed by atoms with Crippen molar-refractivity contribution >= 4 is 23.1 Å². The lowest BCUT2D eigenvalue weighted by Gasteiger charge is -2.32. The molecule has 2 saturated heterocycles. The monoisotopic (exact) mass is 463 g/mol. The maximum Gasteiger partial charge on any atom is 0.263 e. The van der Waals surface area contributed by atoms with E-state index in [1.54, 1.807) is 6.20 Å². The number of carbonyl (C=O) groups is 1. The average Bonchev–Trinajstić information content (AvgIpc) is 3.37. The molecule has 1 aromatic carbocycles. The number of carbonyl (C=O) groups excluding carboxylic acids is 1. The number of hydrogen-bond donors (Lipinski definition) is 1. The number of pyridine rings is 1. The van der Waals surface area contributed by atoms with E-state index in [1.807, 2.05) is 24.4 Å². The van der Waals surface area contributed by atoms with Gasteiger partial charge >= 0.3 is 0 Å². The number of benzene rings is 1. The molecule has 0 spiro atoms. The zero-order valence-electron chi connectivity index (χ0n) is 18.7. The van der Waals surface area contributed by atoms with Crippen molar-refractivity contribution in [2.24, 2.45) is 0 Å². The normalized spacial score (nSPS) is 17.8. The van der Waals surface area contributed by atoms with Crippen molar-refractivity contribution in [1.29, 1.82) is 0 Å². The van der Waals surface area contributed by atoms with Crippen LogP contribution in [0.1, 0.15) is 28.1 Å². The first-order chi connectivity index (χ1) is 16.2. The molecule has 2 aromatic heterocycles. The molecular formula is C25H29N5O2S. The molecule has 8 heteroatoms. The summed E-state index contributed by atoms with van der Waals surface area (Å²) in [6.07, 6.45) is 5.46. The van der Waals surface area contributed by atoms with Gasteiger partial charge in [-0.25, -0.2) is 9.97 Å². The van der Waals surface area contributed by atoms with Crippen molar-refractivity contribution in [3.05, 3.63) is 65.3 Å². The van der Waals surface area contributed by atoms with Gasteiger partial charge in [0.25, 0.3) is 5.91 Å². The fourth-order valence-corrected chi connectivity index (χ4v) is 5.15. The van der Waals surface area contributed by atoms with Crippen LogP contribution in [-0.4, -0.2) is 66.2 Å². The molecule has 1 N–H and O–H groups in total. The van der Waals surface area contributed by atoms with Crippen LogP contribution in [0.25, 0.3) is 10.6 Å². The Kier molecular flexibility index (Phi) is 6.95. The van der Waals surface area contributed by atoms with Gasteiger partial charge in [0.1, 0.15) is 15.7 Å². The third-order valence-electron chi connectivity index (χ3n) is 6.23. The van der Waals surface area contributed by atoms with E-state index in [-0.39, 0.29) is 11.9 Å². The largest absolute Gasteiger partial charge is 0.378 e. The molecule has 172 valence electrons. The average molecular weight is 464 g/mol. The van der Waals surface area contributed by atoms with E-state index in [0.717, 1.165) is 75.2 Å². The third-order valence-corrected chi connectivity index (χ3v) is 7.28. The van der Waals surface area contributed by atoms with Crippen molar-refractivity contribution < 1.29 is 9.53 Å². The molecule has 0 unspecified atom stereocenters. The number of aromatic nitrogens is 2. The Morgan fingerprint density at radius 3 is 2.52 bits per heavy atom. The van der Waals surface area contributed by atoms with Crippen LogP contribution in [0, 0.1) is 0 Å². The van der Waals surface area contributed by atoms with Gasteiger partial charge in [-0.15, -0.1) is 11.3 Å². The summed E-state index contributed by atoms with van der Waals surface area (Å²) in [5.74, 6) is 0.924. The maximum absolute atomic E-state index is 12.8. The number of morpholine rings is 1. The predicted octanol–water partition coefficient (Wildman–Crippen LogP) is 3.44. The molecule has 33 heavy (non-hydrogen) atoms. The summed E-state index contributed by atoms with van der Waals surface area (Å²) < 4.78 is 5.41. The zero-order chi connectivity index (χ0) is 22.5. The molecule has 0 atom stereocenters. The number of piperidine rings is 1. The van der Waals surface area contributed by atoms with Crippen LogP contribution in [0.2, 0.25) is 0 Å². The summed E-state index contributed by atoms with van der Waals surface area (Å²) in [4.78, 5) is 27.2. The first kappa shape index (κ1) is 22.0. The lowest BCUT2D eigenvalue weighted by molar-refractivity contribution is 0.0913. The number of nitrogens with zero attached hydrogens (tertiary/aromatic N) is 4. The van der Waals surface area contributed by atoms with E-state index in [2.05, 4.69) is 49.4 Å². The number of anilines is 1. The highest BCUT2D eigenvalue weighted by Gasteiger charge is 2.22. The molecule has 2 aliphatic heterocycles. The quantitative estimate of drug-likeness (QED) is 0.604. The van der Waals surface area contributed by atoms with Gasteiger partial charge in [-0.1, -0.05) is 30.3 Å². The predicted molar refractivity (Wildman–Crippen MR) is 131 cm³/mol. The van der Waals surface area contributed by atoms with E-state index >= 15 is 0 Å². The number of likely N-dealkylation sites (tertiary alicyclic amines) is 1. The van der Waals surface area contributed by atoms with Gasteiger partial charge in [0, 0.05) is 50.5 Å². The molecule has 4 heterocycles. The fourth-order valence-electron chi connectivity index (χ4n) is 4.34. The summed E-state index contributed by atoms with van der Waals surface area (Å²) in [6, 6.07) is 14.8. The minimum absolute atomic E-state index is 0.0295.